The zero-order chi connectivity index (χ0) is 33.1. The van der Waals surface area contributed by atoms with Crippen LogP contribution in [0, 0.1) is 0 Å². The molecule has 0 radical (unpaired) electrons. The van der Waals surface area contributed by atoms with E-state index in [4.69, 9.17) is 32.9 Å². The van der Waals surface area contributed by atoms with E-state index in [0.29, 0.717) is 23.0 Å². The number of ether oxygens (including phenoxy) is 1. The van der Waals surface area contributed by atoms with Gasteiger partial charge in [0.25, 0.3) is 0 Å². The zero-order valence-corrected chi connectivity index (χ0v) is 27.9. The van der Waals surface area contributed by atoms with Crippen LogP contribution in [-0.2, 0) is 18.4 Å². The Morgan fingerprint density at radius 2 is 1.47 bits per heavy atom. The molecule has 0 unspecified atom stereocenters. The van der Waals surface area contributed by atoms with E-state index in [2.05, 4.69) is 61.7 Å². The molecule has 6 rings (SSSR count). The number of carboxylic acid groups (broad SMARTS) is 1. The van der Waals surface area contributed by atoms with Crippen molar-refractivity contribution >= 4 is 29.2 Å². The van der Waals surface area contributed by atoms with Crippen LogP contribution in [0.5, 0.6) is 11.5 Å². The molecule has 5 aromatic carbocycles. The molecule has 1 heterocycles. The molecule has 0 aliphatic rings. The van der Waals surface area contributed by atoms with Crippen molar-refractivity contribution in [3.8, 4) is 33.9 Å². The first kappa shape index (κ1) is 32.1. The standard InChI is InChI=1S/C40H34Cl2N2O3/c1-40(2,3)30-14-19-33(20-15-30)47-32-17-12-27(13-18-32)34-7-5-4-6-29(34)22-38-43-37(35-21-16-31(41)23-36(35)42)25-44(38)24-26-8-10-28(11-9-26)39(45)46/h4-21,23,25H,22,24H2,1-3H3,(H,45,46). The third-order valence-corrected chi connectivity index (χ3v) is 8.66. The summed E-state index contributed by atoms with van der Waals surface area (Å²) < 4.78 is 8.24. The molecule has 5 nitrogen and oxygen atoms in total. The Balaban J connectivity index is 1.29. The minimum absolute atomic E-state index is 0.0861. The van der Waals surface area contributed by atoms with Gasteiger partial charge in [-0.3, -0.25) is 0 Å². The topological polar surface area (TPSA) is 64.4 Å². The van der Waals surface area contributed by atoms with Gasteiger partial charge in [0, 0.05) is 29.7 Å². The van der Waals surface area contributed by atoms with Gasteiger partial charge in [-0.15, -0.1) is 0 Å². The minimum Gasteiger partial charge on any atom is -0.478 e. The van der Waals surface area contributed by atoms with Crippen molar-refractivity contribution in [1.82, 2.24) is 9.55 Å². The molecule has 0 saturated carbocycles. The number of hydrogen-bond donors (Lipinski definition) is 1. The summed E-state index contributed by atoms with van der Waals surface area (Å²) in [6.45, 7) is 7.10. The van der Waals surface area contributed by atoms with Crippen molar-refractivity contribution in [3.05, 3.63) is 160 Å². The van der Waals surface area contributed by atoms with Crippen LogP contribution in [0.25, 0.3) is 22.4 Å². The fraction of sp³-hybridized carbons (Fsp3) is 0.150. The number of imidazole rings is 1. The number of halogens is 2. The second kappa shape index (κ2) is 13.5. The molecular formula is C40H34Cl2N2O3. The second-order valence-electron chi connectivity index (χ2n) is 12.5. The van der Waals surface area contributed by atoms with Crippen molar-refractivity contribution in [2.24, 2.45) is 0 Å². The molecule has 1 N–H and O–H groups in total. The van der Waals surface area contributed by atoms with Gasteiger partial charge in [-0.1, -0.05) is 105 Å². The van der Waals surface area contributed by atoms with Gasteiger partial charge in [0.05, 0.1) is 16.3 Å². The average molecular weight is 662 g/mol. The van der Waals surface area contributed by atoms with Crippen molar-refractivity contribution in [2.45, 2.75) is 39.2 Å². The predicted octanol–water partition coefficient (Wildman–Crippen LogP) is 11.0. The van der Waals surface area contributed by atoms with Crippen molar-refractivity contribution in [3.63, 3.8) is 0 Å². The maximum atomic E-state index is 11.4. The molecule has 0 bridgehead atoms. The monoisotopic (exact) mass is 660 g/mol. The van der Waals surface area contributed by atoms with E-state index < -0.39 is 5.97 Å². The van der Waals surface area contributed by atoms with Gasteiger partial charge in [-0.25, -0.2) is 9.78 Å². The summed E-state index contributed by atoms with van der Waals surface area (Å²) in [5.41, 5.74) is 7.35. The van der Waals surface area contributed by atoms with Gasteiger partial charge >= 0.3 is 5.97 Å². The fourth-order valence-electron chi connectivity index (χ4n) is 5.50. The maximum Gasteiger partial charge on any atom is 0.335 e. The Labute approximate surface area is 285 Å². The molecule has 0 atom stereocenters. The van der Waals surface area contributed by atoms with E-state index in [1.807, 2.05) is 60.8 Å². The first-order chi connectivity index (χ1) is 22.5. The van der Waals surface area contributed by atoms with Crippen LogP contribution in [0.1, 0.15) is 53.6 Å². The predicted molar refractivity (Wildman–Crippen MR) is 190 cm³/mol. The summed E-state index contributed by atoms with van der Waals surface area (Å²) in [6.07, 6.45) is 2.55. The highest BCUT2D eigenvalue weighted by molar-refractivity contribution is 6.36. The summed E-state index contributed by atoms with van der Waals surface area (Å²) in [4.78, 5) is 16.4. The number of benzene rings is 5. The molecule has 0 fully saturated rings. The normalized spacial score (nSPS) is 11.4. The van der Waals surface area contributed by atoms with E-state index in [-0.39, 0.29) is 11.0 Å². The molecule has 0 spiro atoms. The number of aromatic nitrogens is 2. The van der Waals surface area contributed by atoms with Crippen molar-refractivity contribution in [2.75, 3.05) is 0 Å². The number of hydrogen-bond acceptors (Lipinski definition) is 3. The first-order valence-corrected chi connectivity index (χ1v) is 16.1. The number of aromatic carboxylic acids is 1. The highest BCUT2D eigenvalue weighted by Crippen LogP contribution is 2.33. The van der Waals surface area contributed by atoms with E-state index in [9.17, 15) is 9.90 Å². The summed E-state index contributed by atoms with van der Waals surface area (Å²) in [5, 5.41) is 10.4. The van der Waals surface area contributed by atoms with Crippen molar-refractivity contribution < 1.29 is 14.6 Å². The Morgan fingerprint density at radius 1 is 0.809 bits per heavy atom. The van der Waals surface area contributed by atoms with Crippen LogP contribution >= 0.6 is 23.2 Å². The molecule has 0 saturated heterocycles. The van der Waals surface area contributed by atoms with Crippen LogP contribution in [0.15, 0.2) is 121 Å². The quantitative estimate of drug-likeness (QED) is 0.167. The summed E-state index contributed by atoms with van der Waals surface area (Å²) in [6, 6.07) is 37.0. The fourth-order valence-corrected chi connectivity index (χ4v) is 6.00. The van der Waals surface area contributed by atoms with Gasteiger partial charge in [-0.2, -0.15) is 0 Å². The summed E-state index contributed by atoms with van der Waals surface area (Å²) in [5.74, 6) is 1.46. The number of carboxylic acids is 1. The first-order valence-electron chi connectivity index (χ1n) is 15.3. The highest BCUT2D eigenvalue weighted by atomic mass is 35.5. The molecule has 6 aromatic rings. The van der Waals surface area contributed by atoms with Crippen LogP contribution < -0.4 is 4.74 Å². The summed E-state index contributed by atoms with van der Waals surface area (Å²) in [7, 11) is 0. The van der Waals surface area contributed by atoms with Crippen LogP contribution in [0.2, 0.25) is 10.0 Å². The largest absolute Gasteiger partial charge is 0.478 e. The molecular weight excluding hydrogens is 627 g/mol. The van der Waals surface area contributed by atoms with Crippen LogP contribution in [-0.4, -0.2) is 20.6 Å². The lowest BCUT2D eigenvalue weighted by molar-refractivity contribution is 0.0697. The van der Waals surface area contributed by atoms with E-state index in [1.165, 1.54) is 5.56 Å². The molecule has 0 aliphatic carbocycles. The number of rotatable bonds is 9. The van der Waals surface area contributed by atoms with Gasteiger partial charge in [0.15, 0.2) is 0 Å². The number of nitrogens with zero attached hydrogens (tertiary/aromatic N) is 2. The Bertz CT molecular complexity index is 2030. The molecule has 47 heavy (non-hydrogen) atoms. The smallest absolute Gasteiger partial charge is 0.335 e. The van der Waals surface area contributed by atoms with Gasteiger partial charge in [0.1, 0.15) is 17.3 Å². The van der Waals surface area contributed by atoms with Gasteiger partial charge in [-0.05, 0) is 87.8 Å². The van der Waals surface area contributed by atoms with Crippen LogP contribution in [0.4, 0.5) is 0 Å². The molecule has 0 aliphatic heterocycles. The Kier molecular flexibility index (Phi) is 9.21. The minimum atomic E-state index is -0.953. The van der Waals surface area contributed by atoms with E-state index >= 15 is 0 Å². The Morgan fingerprint density at radius 3 is 2.11 bits per heavy atom. The number of carbonyl (C=O) groups is 1. The average Bonchev–Trinajstić information content (AvgIpc) is 3.43. The van der Waals surface area contributed by atoms with E-state index in [0.717, 1.165) is 50.8 Å². The molecule has 1 aromatic heterocycles. The SMILES string of the molecule is CC(C)(C)c1ccc(Oc2ccc(-c3ccccc3Cc3nc(-c4ccc(Cl)cc4Cl)cn3Cc3ccc(C(=O)O)cc3)cc2)cc1. The third kappa shape index (κ3) is 7.60. The van der Waals surface area contributed by atoms with Gasteiger partial charge in [0.2, 0.25) is 0 Å². The molecule has 236 valence electrons. The van der Waals surface area contributed by atoms with Crippen molar-refractivity contribution in [1.29, 1.82) is 0 Å². The second-order valence-corrected chi connectivity index (χ2v) is 13.4. The van der Waals surface area contributed by atoms with Crippen LogP contribution in [0.3, 0.4) is 0 Å². The molecule has 0 amide bonds. The van der Waals surface area contributed by atoms with Gasteiger partial charge < -0.3 is 14.4 Å². The van der Waals surface area contributed by atoms with E-state index in [1.54, 1.807) is 24.3 Å². The lowest BCUT2D eigenvalue weighted by Crippen LogP contribution is -2.10. The zero-order valence-electron chi connectivity index (χ0n) is 26.4. The third-order valence-electron chi connectivity index (χ3n) is 8.11. The Hall–Kier alpha value is -4.84. The lowest BCUT2D eigenvalue weighted by atomic mass is 9.87. The highest BCUT2D eigenvalue weighted by Gasteiger charge is 2.17. The maximum absolute atomic E-state index is 11.4. The molecule has 7 heteroatoms. The lowest BCUT2D eigenvalue weighted by Gasteiger charge is -2.19. The summed E-state index contributed by atoms with van der Waals surface area (Å²) >= 11 is 12.8.